The van der Waals surface area contributed by atoms with E-state index in [4.69, 9.17) is 9.47 Å². The van der Waals surface area contributed by atoms with E-state index in [0.29, 0.717) is 6.79 Å². The van der Waals surface area contributed by atoms with Crippen LogP contribution in [0.2, 0.25) is 0 Å². The van der Waals surface area contributed by atoms with Gasteiger partial charge in [-0.3, -0.25) is 4.79 Å². The second kappa shape index (κ2) is 10.2. The van der Waals surface area contributed by atoms with Gasteiger partial charge >= 0.3 is 0 Å². The van der Waals surface area contributed by atoms with Crippen molar-refractivity contribution in [3.8, 4) is 11.5 Å². The molecule has 1 saturated heterocycles. The maximum absolute atomic E-state index is 13.0. The van der Waals surface area contributed by atoms with E-state index in [0.717, 1.165) is 57.1 Å². The number of amides is 1. The predicted octanol–water partition coefficient (Wildman–Crippen LogP) is 0.745. The molecule has 2 heterocycles. The molecule has 6 heteroatoms. The molecule has 6 nitrogen and oxygen atoms in total. The quantitative estimate of drug-likeness (QED) is 0.585. The lowest BCUT2D eigenvalue weighted by molar-refractivity contribution is -1.02. The molecule has 166 valence electrons. The van der Waals surface area contributed by atoms with Gasteiger partial charge in [0.25, 0.3) is 5.91 Å². The summed E-state index contributed by atoms with van der Waals surface area (Å²) >= 11 is 0. The van der Waals surface area contributed by atoms with Crippen LogP contribution in [0.1, 0.15) is 43.9 Å². The third kappa shape index (κ3) is 5.38. The first-order valence-electron chi connectivity index (χ1n) is 11.6. The van der Waals surface area contributed by atoms with Crippen LogP contribution in [-0.4, -0.2) is 44.9 Å². The van der Waals surface area contributed by atoms with Gasteiger partial charge in [-0.05, 0) is 37.1 Å². The summed E-state index contributed by atoms with van der Waals surface area (Å²) in [5.74, 6) is 1.85. The number of hydrogen-bond donors (Lipinski definition) is 3. The number of carbonyl (C=O) groups is 1. The summed E-state index contributed by atoms with van der Waals surface area (Å²) in [5, 5.41) is 3.31. The summed E-state index contributed by atoms with van der Waals surface area (Å²) in [6.45, 7) is 9.70. The van der Waals surface area contributed by atoms with Crippen molar-refractivity contribution in [1.29, 1.82) is 0 Å². The fourth-order valence-electron chi connectivity index (χ4n) is 4.65. The first-order chi connectivity index (χ1) is 15.1. The third-order valence-corrected chi connectivity index (χ3v) is 6.59. The van der Waals surface area contributed by atoms with Crippen LogP contribution in [0.15, 0.2) is 48.5 Å². The van der Waals surface area contributed by atoms with Gasteiger partial charge < -0.3 is 24.6 Å². The molecular formula is C25H35N3O3+2. The SMILES string of the molecule is CCC[C@@H](NC(=O)[C@@H](C)[NH+]1CC[NH+](Cc2ccc3c(c2)OCO3)CC1)c1ccccc1. The third-order valence-electron chi connectivity index (χ3n) is 6.59. The molecule has 2 aromatic rings. The Morgan fingerprint density at radius 2 is 1.77 bits per heavy atom. The van der Waals surface area contributed by atoms with Gasteiger partial charge in [-0.2, -0.15) is 0 Å². The lowest BCUT2D eigenvalue weighted by Gasteiger charge is -2.33. The topological polar surface area (TPSA) is 56.4 Å². The van der Waals surface area contributed by atoms with Gasteiger partial charge in [-0.15, -0.1) is 0 Å². The Hall–Kier alpha value is -2.57. The number of fused-ring (bicyclic) bond motifs is 1. The first-order valence-corrected chi connectivity index (χ1v) is 11.6. The van der Waals surface area contributed by atoms with E-state index in [-0.39, 0.29) is 18.0 Å². The molecule has 0 spiro atoms. The number of carbonyl (C=O) groups excluding carboxylic acids is 1. The molecule has 31 heavy (non-hydrogen) atoms. The molecule has 1 amide bonds. The van der Waals surface area contributed by atoms with Gasteiger partial charge in [0.1, 0.15) is 32.7 Å². The van der Waals surface area contributed by atoms with Crippen LogP contribution >= 0.6 is 0 Å². The van der Waals surface area contributed by atoms with E-state index in [1.807, 2.05) is 24.3 Å². The molecular weight excluding hydrogens is 390 g/mol. The van der Waals surface area contributed by atoms with Crippen LogP contribution in [0.5, 0.6) is 11.5 Å². The molecule has 0 bridgehead atoms. The Balaban J connectivity index is 1.28. The second-order valence-electron chi connectivity index (χ2n) is 8.75. The largest absolute Gasteiger partial charge is 0.454 e. The predicted molar refractivity (Wildman–Crippen MR) is 119 cm³/mol. The normalized spacial score (nSPS) is 22.0. The van der Waals surface area contributed by atoms with Gasteiger partial charge in [0.2, 0.25) is 6.79 Å². The number of piperazine rings is 1. The summed E-state index contributed by atoms with van der Waals surface area (Å²) < 4.78 is 10.9. The minimum atomic E-state index is -0.0323. The molecule has 1 fully saturated rings. The number of quaternary nitrogens is 2. The smallest absolute Gasteiger partial charge is 0.278 e. The van der Waals surface area contributed by atoms with Gasteiger partial charge in [0.05, 0.1) is 6.04 Å². The van der Waals surface area contributed by atoms with E-state index in [9.17, 15) is 4.79 Å². The summed E-state index contributed by atoms with van der Waals surface area (Å²) in [4.78, 5) is 16.0. The second-order valence-corrected chi connectivity index (χ2v) is 8.75. The minimum Gasteiger partial charge on any atom is -0.454 e. The van der Waals surface area contributed by atoms with Crippen molar-refractivity contribution in [1.82, 2.24) is 5.32 Å². The van der Waals surface area contributed by atoms with Crippen molar-refractivity contribution < 1.29 is 24.1 Å². The molecule has 2 aromatic carbocycles. The van der Waals surface area contributed by atoms with Gasteiger partial charge in [0.15, 0.2) is 17.5 Å². The molecule has 0 aliphatic carbocycles. The highest BCUT2D eigenvalue weighted by Crippen LogP contribution is 2.32. The van der Waals surface area contributed by atoms with Crippen molar-refractivity contribution >= 4 is 5.91 Å². The fourth-order valence-corrected chi connectivity index (χ4v) is 4.65. The van der Waals surface area contributed by atoms with Crippen LogP contribution in [0.3, 0.4) is 0 Å². The molecule has 2 aliphatic rings. The summed E-state index contributed by atoms with van der Waals surface area (Å²) in [5.41, 5.74) is 2.47. The number of benzene rings is 2. The molecule has 2 atom stereocenters. The monoisotopic (exact) mass is 425 g/mol. The van der Waals surface area contributed by atoms with Crippen LogP contribution < -0.4 is 24.6 Å². The number of rotatable bonds is 8. The van der Waals surface area contributed by atoms with Crippen LogP contribution in [0.4, 0.5) is 0 Å². The summed E-state index contributed by atoms with van der Waals surface area (Å²) in [6.07, 6.45) is 2.01. The highest BCUT2D eigenvalue weighted by atomic mass is 16.7. The van der Waals surface area contributed by atoms with Gasteiger partial charge in [0, 0.05) is 5.56 Å². The standard InChI is InChI=1S/C25H33N3O3/c1-3-7-22(21-8-5-4-6-9-21)26-25(29)19(2)28-14-12-27(13-15-28)17-20-10-11-23-24(16-20)31-18-30-23/h4-6,8-11,16,19,22H,3,7,12-15,17-18H2,1-2H3,(H,26,29)/p+2/t19-,22-/m1/s1. The van der Waals surface area contributed by atoms with Crippen molar-refractivity contribution in [3.05, 3.63) is 59.7 Å². The summed E-state index contributed by atoms with van der Waals surface area (Å²) in [7, 11) is 0. The Morgan fingerprint density at radius 1 is 1.03 bits per heavy atom. The number of nitrogens with one attached hydrogen (secondary N) is 3. The highest BCUT2D eigenvalue weighted by Gasteiger charge is 2.32. The molecule has 3 N–H and O–H groups in total. The van der Waals surface area contributed by atoms with E-state index in [1.165, 1.54) is 16.0 Å². The first kappa shape index (κ1) is 21.7. The van der Waals surface area contributed by atoms with Crippen LogP contribution in [0.25, 0.3) is 0 Å². The van der Waals surface area contributed by atoms with Crippen molar-refractivity contribution in [2.24, 2.45) is 0 Å². The van der Waals surface area contributed by atoms with Crippen molar-refractivity contribution in [3.63, 3.8) is 0 Å². The van der Waals surface area contributed by atoms with Crippen molar-refractivity contribution in [2.45, 2.75) is 45.3 Å². The Kier molecular flexibility index (Phi) is 7.10. The van der Waals surface area contributed by atoms with E-state index in [2.05, 4.69) is 43.4 Å². The lowest BCUT2D eigenvalue weighted by Crippen LogP contribution is -3.29. The minimum absolute atomic E-state index is 0.0323. The molecule has 0 saturated carbocycles. The zero-order valence-corrected chi connectivity index (χ0v) is 18.7. The lowest BCUT2D eigenvalue weighted by atomic mass is 10.0. The maximum atomic E-state index is 13.0. The fraction of sp³-hybridized carbons (Fsp3) is 0.480. The molecule has 0 radical (unpaired) electrons. The van der Waals surface area contributed by atoms with Crippen molar-refractivity contribution in [2.75, 3.05) is 33.0 Å². The number of hydrogen-bond acceptors (Lipinski definition) is 3. The molecule has 0 aromatic heterocycles. The molecule has 4 rings (SSSR count). The number of ether oxygens (including phenoxy) is 2. The van der Waals surface area contributed by atoms with Gasteiger partial charge in [-0.1, -0.05) is 43.7 Å². The van der Waals surface area contributed by atoms with Crippen LogP contribution in [-0.2, 0) is 11.3 Å². The zero-order chi connectivity index (χ0) is 21.6. The Labute approximate surface area is 185 Å². The van der Waals surface area contributed by atoms with E-state index >= 15 is 0 Å². The average molecular weight is 426 g/mol. The Bertz CT molecular complexity index is 866. The highest BCUT2D eigenvalue weighted by molar-refractivity contribution is 5.80. The Morgan fingerprint density at radius 3 is 2.52 bits per heavy atom. The average Bonchev–Trinajstić information content (AvgIpc) is 3.27. The van der Waals surface area contributed by atoms with E-state index < -0.39 is 0 Å². The zero-order valence-electron chi connectivity index (χ0n) is 18.7. The van der Waals surface area contributed by atoms with E-state index in [1.54, 1.807) is 4.90 Å². The maximum Gasteiger partial charge on any atom is 0.278 e. The molecule has 2 aliphatic heterocycles. The van der Waals surface area contributed by atoms with Crippen LogP contribution in [0, 0.1) is 0 Å². The summed E-state index contributed by atoms with van der Waals surface area (Å²) in [6, 6.07) is 16.6. The van der Waals surface area contributed by atoms with Gasteiger partial charge in [-0.25, -0.2) is 0 Å². The molecule has 0 unspecified atom stereocenters.